The van der Waals surface area contributed by atoms with Crippen molar-refractivity contribution in [3.8, 4) is 5.75 Å². The van der Waals surface area contributed by atoms with Crippen molar-refractivity contribution in [1.29, 1.82) is 0 Å². The molecule has 1 aliphatic rings. The summed E-state index contributed by atoms with van der Waals surface area (Å²) in [5, 5.41) is 19.8. The van der Waals surface area contributed by atoms with E-state index in [1.165, 1.54) is 6.07 Å². The van der Waals surface area contributed by atoms with E-state index >= 15 is 0 Å². The fraction of sp³-hybridized carbons (Fsp3) is 0.308. The zero-order valence-electron chi connectivity index (χ0n) is 10.2. The summed E-state index contributed by atoms with van der Waals surface area (Å²) in [6, 6.07) is 3.27. The lowest BCUT2D eigenvalue weighted by Gasteiger charge is -2.26. The maximum atomic E-state index is 12.0. The Labute approximate surface area is 117 Å². The Hall–Kier alpha value is -1.32. The molecule has 0 bridgehead atoms. The first-order valence-corrected chi connectivity index (χ1v) is 6.53. The Kier molecular flexibility index (Phi) is 3.11. The van der Waals surface area contributed by atoms with Crippen molar-refractivity contribution in [2.75, 3.05) is 6.54 Å². The molecule has 0 fully saturated rings. The Morgan fingerprint density at radius 1 is 1.37 bits per heavy atom. The van der Waals surface area contributed by atoms with Gasteiger partial charge in [0.1, 0.15) is 11.3 Å². The van der Waals surface area contributed by atoms with E-state index in [1.54, 1.807) is 6.07 Å². The number of aromatic hydroxyl groups is 1. The number of rotatable bonds is 1. The van der Waals surface area contributed by atoms with Gasteiger partial charge in [-0.15, -0.1) is 0 Å². The minimum Gasteiger partial charge on any atom is -0.507 e. The molecule has 0 amide bonds. The molecule has 2 radical (unpaired) electrons. The van der Waals surface area contributed by atoms with E-state index in [0.717, 1.165) is 23.9 Å². The average Bonchev–Trinajstić information content (AvgIpc) is 2.39. The Morgan fingerprint density at radius 2 is 2.16 bits per heavy atom. The van der Waals surface area contributed by atoms with Crippen molar-refractivity contribution in [3.63, 3.8) is 0 Å². The van der Waals surface area contributed by atoms with Crippen LogP contribution in [0.4, 0.5) is 0 Å². The van der Waals surface area contributed by atoms with E-state index in [1.807, 2.05) is 3.88 Å². The van der Waals surface area contributed by atoms with Gasteiger partial charge in [-0.2, -0.15) is 0 Å². The van der Waals surface area contributed by atoms with E-state index in [0.29, 0.717) is 17.7 Å². The minimum absolute atomic E-state index is 0.0541. The van der Waals surface area contributed by atoms with E-state index in [4.69, 9.17) is 4.42 Å². The molecule has 5 nitrogen and oxygen atoms in total. The van der Waals surface area contributed by atoms with Gasteiger partial charge in [-0.25, -0.2) is 4.79 Å². The van der Waals surface area contributed by atoms with Gasteiger partial charge in [-0.1, -0.05) is 0 Å². The third kappa shape index (κ3) is 1.97. The molecule has 2 N–H and O–H groups in total. The molecule has 2 heterocycles. The van der Waals surface area contributed by atoms with Crippen LogP contribution >= 0.6 is 0 Å². The molecule has 1 aromatic carbocycles. The van der Waals surface area contributed by atoms with Crippen LogP contribution in [0.15, 0.2) is 21.3 Å². The molecular weight excluding hydrogens is 261 g/mol. The van der Waals surface area contributed by atoms with Crippen LogP contribution in [0.1, 0.15) is 16.7 Å². The number of aliphatic hydroxyl groups excluding tert-OH is 1. The van der Waals surface area contributed by atoms with Crippen molar-refractivity contribution in [2.45, 2.75) is 19.6 Å². The molecule has 0 saturated heterocycles. The maximum Gasteiger partial charge on any atom is 0.340 e. The SMILES string of the molecule is O=c1oc2c(CO)c(O)ccc2c2c1C[N]([Al])CC2. The highest BCUT2D eigenvalue weighted by Crippen LogP contribution is 2.31. The van der Waals surface area contributed by atoms with Gasteiger partial charge in [0.25, 0.3) is 16.5 Å². The van der Waals surface area contributed by atoms with Crippen molar-refractivity contribution in [1.82, 2.24) is 3.88 Å². The molecule has 0 saturated carbocycles. The van der Waals surface area contributed by atoms with Gasteiger partial charge in [0.15, 0.2) is 0 Å². The third-order valence-electron chi connectivity index (χ3n) is 3.53. The van der Waals surface area contributed by atoms with E-state index in [2.05, 4.69) is 16.5 Å². The molecule has 0 aliphatic carbocycles. The smallest absolute Gasteiger partial charge is 0.340 e. The number of hydrogen-bond acceptors (Lipinski definition) is 5. The van der Waals surface area contributed by atoms with Gasteiger partial charge >= 0.3 is 5.63 Å². The molecule has 6 heteroatoms. The summed E-state index contributed by atoms with van der Waals surface area (Å²) in [6.45, 7) is 1.01. The number of phenols is 1. The van der Waals surface area contributed by atoms with Gasteiger partial charge in [0, 0.05) is 11.9 Å². The van der Waals surface area contributed by atoms with Gasteiger partial charge in [-0.3, -0.25) is 0 Å². The lowest BCUT2D eigenvalue weighted by Crippen LogP contribution is -2.32. The fourth-order valence-electron chi connectivity index (χ4n) is 2.55. The second-order valence-corrected chi connectivity index (χ2v) is 5.40. The van der Waals surface area contributed by atoms with Gasteiger partial charge in [0.2, 0.25) is 0 Å². The largest absolute Gasteiger partial charge is 0.507 e. The summed E-state index contributed by atoms with van der Waals surface area (Å²) in [7, 11) is 0. The minimum atomic E-state index is -0.394. The van der Waals surface area contributed by atoms with Crippen LogP contribution in [0, 0.1) is 0 Å². The monoisotopic (exact) mass is 273 g/mol. The summed E-state index contributed by atoms with van der Waals surface area (Å²) in [5.41, 5.74) is 1.78. The van der Waals surface area contributed by atoms with Gasteiger partial charge in [0.05, 0.1) is 17.7 Å². The maximum absolute atomic E-state index is 12.0. The summed E-state index contributed by atoms with van der Waals surface area (Å²) in [6.07, 6.45) is 0.747. The van der Waals surface area contributed by atoms with E-state index < -0.39 is 5.63 Å². The summed E-state index contributed by atoms with van der Waals surface area (Å²) in [4.78, 5) is 12.0. The molecule has 19 heavy (non-hydrogen) atoms. The third-order valence-corrected chi connectivity index (χ3v) is 3.98. The number of benzene rings is 1. The number of hydrogen-bond donors (Lipinski definition) is 2. The van der Waals surface area contributed by atoms with Crippen LogP contribution in [0.3, 0.4) is 0 Å². The zero-order chi connectivity index (χ0) is 13.6. The Bertz CT molecular complexity index is 710. The first-order chi connectivity index (χ1) is 9.11. The van der Waals surface area contributed by atoms with Gasteiger partial charge < -0.3 is 18.5 Å². The average molecular weight is 273 g/mol. The highest BCUT2D eigenvalue weighted by molar-refractivity contribution is 6.04. The topological polar surface area (TPSA) is 73.9 Å². The molecule has 0 unspecified atom stereocenters. The summed E-state index contributed by atoms with van der Waals surface area (Å²) in [5.74, 6) is -0.0541. The van der Waals surface area contributed by atoms with Crippen LogP contribution in [0.5, 0.6) is 5.75 Å². The predicted molar refractivity (Wildman–Crippen MR) is 69.9 cm³/mol. The van der Waals surface area contributed by atoms with Crippen LogP contribution in [0.25, 0.3) is 11.0 Å². The molecule has 0 spiro atoms. The van der Waals surface area contributed by atoms with Crippen molar-refractivity contribution in [3.05, 3.63) is 39.2 Å². The first-order valence-electron chi connectivity index (χ1n) is 6.01. The van der Waals surface area contributed by atoms with Crippen molar-refractivity contribution in [2.24, 2.45) is 0 Å². The number of aliphatic hydroxyl groups is 1. The molecule has 96 valence electrons. The van der Waals surface area contributed by atoms with Crippen molar-refractivity contribution >= 4 is 27.5 Å². The second-order valence-electron chi connectivity index (χ2n) is 4.67. The Balaban J connectivity index is 2.38. The molecule has 2 aromatic rings. The normalized spacial score (nSPS) is 15.6. The Morgan fingerprint density at radius 3 is 2.89 bits per heavy atom. The summed E-state index contributed by atoms with van der Waals surface area (Å²) >= 11 is 2.59. The van der Waals surface area contributed by atoms with E-state index in [-0.39, 0.29) is 17.9 Å². The van der Waals surface area contributed by atoms with Crippen LogP contribution in [-0.4, -0.2) is 37.2 Å². The highest BCUT2D eigenvalue weighted by atomic mass is 27.1. The van der Waals surface area contributed by atoms with E-state index in [9.17, 15) is 15.0 Å². The molecule has 1 aromatic heterocycles. The number of fused-ring (bicyclic) bond motifs is 3. The lowest BCUT2D eigenvalue weighted by atomic mass is 9.97. The lowest BCUT2D eigenvalue weighted by molar-refractivity contribution is 0.275. The fourth-order valence-corrected chi connectivity index (χ4v) is 2.86. The molecule has 3 rings (SSSR count). The van der Waals surface area contributed by atoms with Gasteiger partial charge in [-0.05, 0) is 30.7 Å². The quantitative estimate of drug-likeness (QED) is 0.582. The highest BCUT2D eigenvalue weighted by Gasteiger charge is 2.21. The standard InChI is InChI=1S/C13H12NO4.Al/c15-6-10-11(16)2-1-8-7-3-4-14-5-9(7)13(17)18-12(8)10;/h1-2,15-16H,3-6H2;/q-1;+1. The second kappa shape index (κ2) is 4.66. The molecule has 1 aliphatic heterocycles. The molecular formula is C13H12AlNO4. The van der Waals surface area contributed by atoms with Crippen molar-refractivity contribution < 1.29 is 14.6 Å². The number of nitrogens with zero attached hydrogens (tertiary/aromatic N) is 1. The van der Waals surface area contributed by atoms with Crippen LogP contribution in [-0.2, 0) is 19.6 Å². The van der Waals surface area contributed by atoms with Crippen LogP contribution < -0.4 is 5.63 Å². The predicted octanol–water partition coefficient (Wildman–Crippen LogP) is 0.432. The summed E-state index contributed by atoms with van der Waals surface area (Å²) < 4.78 is 7.28. The van der Waals surface area contributed by atoms with Crippen LogP contribution in [0.2, 0.25) is 0 Å². The molecule has 0 atom stereocenters. The first kappa shape index (κ1) is 12.7. The zero-order valence-corrected chi connectivity index (χ0v) is 11.4.